The van der Waals surface area contributed by atoms with Gasteiger partial charge in [0.15, 0.2) is 0 Å². The fourth-order valence-electron chi connectivity index (χ4n) is 1.04. The quantitative estimate of drug-likeness (QED) is 0.737. The predicted molar refractivity (Wildman–Crippen MR) is 60.1 cm³/mol. The van der Waals surface area contributed by atoms with Crippen molar-refractivity contribution < 1.29 is 14.3 Å². The first-order valence-corrected chi connectivity index (χ1v) is 5.09. The third-order valence-corrected chi connectivity index (χ3v) is 1.90. The van der Waals surface area contributed by atoms with Crippen LogP contribution in [0.2, 0.25) is 0 Å². The molecule has 1 aromatic rings. The summed E-state index contributed by atoms with van der Waals surface area (Å²) < 4.78 is 10.1. The number of ether oxygens (including phenoxy) is 2. The molecule has 0 radical (unpaired) electrons. The first-order chi connectivity index (χ1) is 7.42. The summed E-state index contributed by atoms with van der Waals surface area (Å²) >= 11 is 0. The zero-order valence-corrected chi connectivity index (χ0v) is 10.1. The second-order valence-electron chi connectivity index (χ2n) is 4.43. The van der Waals surface area contributed by atoms with Gasteiger partial charge in [0.05, 0.1) is 30.6 Å². The Morgan fingerprint density at radius 1 is 1.38 bits per heavy atom. The highest BCUT2D eigenvalue weighted by molar-refractivity contribution is 5.88. The summed E-state index contributed by atoms with van der Waals surface area (Å²) in [6.07, 6.45) is 1.49. The molecular formula is C12H17NO3. The van der Waals surface area contributed by atoms with Gasteiger partial charge in [-0.3, -0.25) is 4.98 Å². The van der Waals surface area contributed by atoms with E-state index in [4.69, 9.17) is 4.74 Å². The highest BCUT2D eigenvalue weighted by Gasteiger charge is 2.11. The van der Waals surface area contributed by atoms with Gasteiger partial charge < -0.3 is 9.47 Å². The van der Waals surface area contributed by atoms with Crippen LogP contribution in [0, 0.1) is 0 Å². The Morgan fingerprint density at radius 3 is 2.50 bits per heavy atom. The molecule has 0 aromatic carbocycles. The monoisotopic (exact) mass is 223 g/mol. The van der Waals surface area contributed by atoms with Gasteiger partial charge in [-0.15, -0.1) is 0 Å². The van der Waals surface area contributed by atoms with Gasteiger partial charge in [-0.05, 0) is 32.9 Å². The van der Waals surface area contributed by atoms with Gasteiger partial charge in [-0.1, -0.05) is 0 Å². The minimum absolute atomic E-state index is 0.192. The maximum atomic E-state index is 11.1. The van der Waals surface area contributed by atoms with Crippen LogP contribution in [0.15, 0.2) is 18.3 Å². The van der Waals surface area contributed by atoms with Crippen molar-refractivity contribution in [2.45, 2.75) is 33.0 Å². The van der Waals surface area contributed by atoms with Crippen molar-refractivity contribution in [1.82, 2.24) is 4.98 Å². The summed E-state index contributed by atoms with van der Waals surface area (Å²) in [5.74, 6) is -0.379. The molecule has 4 heteroatoms. The molecule has 4 nitrogen and oxygen atoms in total. The summed E-state index contributed by atoms with van der Waals surface area (Å²) in [6, 6.07) is 3.44. The number of carbonyl (C=O) groups excluding carboxylic acids is 1. The Kier molecular flexibility index (Phi) is 4.01. The van der Waals surface area contributed by atoms with Crippen molar-refractivity contribution in [3.8, 4) is 0 Å². The standard InChI is InChI=1S/C12H17NO3/c1-12(2,3)16-8-10-6-5-9(7-13-10)11(14)15-4/h5-7H,8H2,1-4H3. The molecule has 0 atom stereocenters. The minimum atomic E-state index is -0.379. The fourth-order valence-corrected chi connectivity index (χ4v) is 1.04. The van der Waals surface area contributed by atoms with E-state index in [0.29, 0.717) is 12.2 Å². The molecule has 1 aromatic heterocycles. The molecule has 1 rings (SSSR count). The maximum Gasteiger partial charge on any atom is 0.339 e. The highest BCUT2D eigenvalue weighted by atomic mass is 16.5. The van der Waals surface area contributed by atoms with E-state index in [0.717, 1.165) is 5.69 Å². The van der Waals surface area contributed by atoms with Gasteiger partial charge in [-0.25, -0.2) is 4.79 Å². The van der Waals surface area contributed by atoms with Gasteiger partial charge in [0.1, 0.15) is 0 Å². The van der Waals surface area contributed by atoms with Gasteiger partial charge in [0.2, 0.25) is 0 Å². The molecule has 0 unspecified atom stereocenters. The summed E-state index contributed by atoms with van der Waals surface area (Å²) in [6.45, 7) is 6.38. The number of rotatable bonds is 3. The summed E-state index contributed by atoms with van der Waals surface area (Å²) in [5.41, 5.74) is 1.05. The molecule has 16 heavy (non-hydrogen) atoms. The van der Waals surface area contributed by atoms with Gasteiger partial charge in [0, 0.05) is 6.20 Å². The van der Waals surface area contributed by atoms with Crippen molar-refractivity contribution in [2.75, 3.05) is 7.11 Å². The summed E-state index contributed by atoms with van der Waals surface area (Å²) in [5, 5.41) is 0. The molecule has 0 spiro atoms. The number of pyridine rings is 1. The molecule has 0 aliphatic rings. The van der Waals surface area contributed by atoms with E-state index < -0.39 is 0 Å². The lowest BCUT2D eigenvalue weighted by molar-refractivity contribution is -0.0165. The van der Waals surface area contributed by atoms with E-state index in [1.54, 1.807) is 12.1 Å². The normalized spacial score (nSPS) is 11.2. The molecule has 88 valence electrons. The zero-order valence-electron chi connectivity index (χ0n) is 10.1. The largest absolute Gasteiger partial charge is 0.465 e. The Hall–Kier alpha value is -1.42. The van der Waals surface area contributed by atoms with Crippen molar-refractivity contribution in [3.05, 3.63) is 29.6 Å². The van der Waals surface area contributed by atoms with Gasteiger partial charge in [0.25, 0.3) is 0 Å². The average Bonchev–Trinajstić information content (AvgIpc) is 2.25. The van der Waals surface area contributed by atoms with Crippen molar-refractivity contribution in [2.24, 2.45) is 0 Å². The fraction of sp³-hybridized carbons (Fsp3) is 0.500. The number of esters is 1. The highest BCUT2D eigenvalue weighted by Crippen LogP contribution is 2.10. The third kappa shape index (κ3) is 3.98. The average molecular weight is 223 g/mol. The van der Waals surface area contributed by atoms with E-state index in [-0.39, 0.29) is 11.6 Å². The molecule has 0 aliphatic heterocycles. The molecule has 0 fully saturated rings. The number of methoxy groups -OCH3 is 1. The van der Waals surface area contributed by atoms with Crippen LogP contribution < -0.4 is 0 Å². The maximum absolute atomic E-state index is 11.1. The van der Waals surface area contributed by atoms with Crippen LogP contribution in [-0.4, -0.2) is 23.7 Å². The molecule has 0 amide bonds. The van der Waals surface area contributed by atoms with Crippen LogP contribution in [-0.2, 0) is 16.1 Å². The Bertz CT molecular complexity index is 352. The van der Waals surface area contributed by atoms with E-state index in [1.807, 2.05) is 20.8 Å². The third-order valence-electron chi connectivity index (χ3n) is 1.90. The Morgan fingerprint density at radius 2 is 2.06 bits per heavy atom. The second kappa shape index (κ2) is 5.07. The van der Waals surface area contributed by atoms with E-state index in [2.05, 4.69) is 9.72 Å². The zero-order chi connectivity index (χ0) is 12.2. The van der Waals surface area contributed by atoms with Crippen LogP contribution in [0.3, 0.4) is 0 Å². The minimum Gasteiger partial charge on any atom is -0.465 e. The smallest absolute Gasteiger partial charge is 0.339 e. The Labute approximate surface area is 95.6 Å². The van der Waals surface area contributed by atoms with E-state index >= 15 is 0 Å². The van der Waals surface area contributed by atoms with E-state index in [1.165, 1.54) is 13.3 Å². The lowest BCUT2D eigenvalue weighted by Crippen LogP contribution is -2.19. The van der Waals surface area contributed by atoms with Crippen molar-refractivity contribution in [1.29, 1.82) is 0 Å². The molecule has 1 heterocycles. The number of nitrogens with zero attached hydrogens (tertiary/aromatic N) is 1. The number of carbonyl (C=O) groups is 1. The van der Waals surface area contributed by atoms with Crippen LogP contribution in [0.5, 0.6) is 0 Å². The van der Waals surface area contributed by atoms with Gasteiger partial charge >= 0.3 is 5.97 Å². The topological polar surface area (TPSA) is 48.4 Å². The molecule has 0 bridgehead atoms. The Balaban J connectivity index is 2.62. The SMILES string of the molecule is COC(=O)c1ccc(COC(C)(C)C)nc1. The lowest BCUT2D eigenvalue weighted by atomic mass is 10.2. The van der Waals surface area contributed by atoms with Crippen LogP contribution in [0.1, 0.15) is 36.8 Å². The molecule has 0 aliphatic carbocycles. The number of hydrogen-bond acceptors (Lipinski definition) is 4. The van der Waals surface area contributed by atoms with Gasteiger partial charge in [-0.2, -0.15) is 0 Å². The van der Waals surface area contributed by atoms with Crippen molar-refractivity contribution >= 4 is 5.97 Å². The predicted octanol–water partition coefficient (Wildman–Crippen LogP) is 2.18. The van der Waals surface area contributed by atoms with Crippen LogP contribution >= 0.6 is 0 Å². The second-order valence-corrected chi connectivity index (χ2v) is 4.43. The first kappa shape index (κ1) is 12.6. The van der Waals surface area contributed by atoms with Crippen molar-refractivity contribution in [3.63, 3.8) is 0 Å². The molecule has 0 saturated heterocycles. The van der Waals surface area contributed by atoms with Crippen LogP contribution in [0.25, 0.3) is 0 Å². The number of hydrogen-bond donors (Lipinski definition) is 0. The molecule has 0 N–H and O–H groups in total. The summed E-state index contributed by atoms with van der Waals surface area (Å²) in [7, 11) is 1.35. The molecule has 0 saturated carbocycles. The van der Waals surface area contributed by atoms with Crippen LogP contribution in [0.4, 0.5) is 0 Å². The molecular weight excluding hydrogens is 206 g/mol. The number of aromatic nitrogens is 1. The first-order valence-electron chi connectivity index (χ1n) is 5.09. The van der Waals surface area contributed by atoms with E-state index in [9.17, 15) is 4.79 Å². The summed E-state index contributed by atoms with van der Waals surface area (Å²) in [4.78, 5) is 15.3. The lowest BCUT2D eigenvalue weighted by Gasteiger charge is -2.19.